The first-order valence-corrected chi connectivity index (χ1v) is 11.1. The average molecular weight is 486 g/mol. The number of carbonyl (C=O) groups is 3. The summed E-state index contributed by atoms with van der Waals surface area (Å²) >= 11 is 0. The molecule has 1 saturated heterocycles. The molecule has 0 saturated carbocycles. The third kappa shape index (κ3) is 4.80. The Kier molecular flexibility index (Phi) is 7.39. The number of hydrogen-bond acceptors (Lipinski definition) is 7. The smallest absolute Gasteiger partial charge is 0.354 e. The van der Waals surface area contributed by atoms with Gasteiger partial charge in [0.15, 0.2) is 0 Å². The van der Waals surface area contributed by atoms with E-state index in [1.54, 1.807) is 19.9 Å². The first-order chi connectivity index (χ1) is 16.5. The van der Waals surface area contributed by atoms with Crippen LogP contribution in [0.2, 0.25) is 0 Å². The van der Waals surface area contributed by atoms with Gasteiger partial charge in [-0.05, 0) is 25.0 Å². The standard InChI is InChI=1S/C24H28N4O7/c1-13-17(14(2)25-19(13)24(32)35-5)21(29)18-20(15-8-6-9-16(12-15)28(33)34)27(23(31)22(18)30)11-7-10-26(3)4/h6,8-9,12,20,25,29H,7,10-11H2,1-5H3/p+1/t20-/m0/s1. The van der Waals surface area contributed by atoms with E-state index in [0.29, 0.717) is 23.2 Å². The van der Waals surface area contributed by atoms with Crippen molar-refractivity contribution in [1.82, 2.24) is 9.88 Å². The van der Waals surface area contributed by atoms with Gasteiger partial charge in [-0.2, -0.15) is 0 Å². The van der Waals surface area contributed by atoms with Crippen LogP contribution < -0.4 is 4.90 Å². The van der Waals surface area contributed by atoms with Gasteiger partial charge in [-0.3, -0.25) is 19.7 Å². The van der Waals surface area contributed by atoms with Gasteiger partial charge in [0.25, 0.3) is 17.4 Å². The van der Waals surface area contributed by atoms with Gasteiger partial charge in [0, 0.05) is 36.4 Å². The van der Waals surface area contributed by atoms with E-state index >= 15 is 0 Å². The predicted octanol–water partition coefficient (Wildman–Crippen LogP) is 1.28. The zero-order valence-electron chi connectivity index (χ0n) is 20.3. The largest absolute Gasteiger partial charge is 0.507 e. The molecule has 3 N–H and O–H groups in total. The fourth-order valence-electron chi connectivity index (χ4n) is 4.41. The van der Waals surface area contributed by atoms with E-state index in [-0.39, 0.29) is 29.1 Å². The molecular formula is C24H29N4O7+. The van der Waals surface area contributed by atoms with Crippen molar-refractivity contribution < 1.29 is 34.1 Å². The van der Waals surface area contributed by atoms with E-state index in [0.717, 1.165) is 11.4 Å². The molecule has 3 rings (SSSR count). The number of likely N-dealkylation sites (tertiary alicyclic amines) is 1. The first-order valence-electron chi connectivity index (χ1n) is 11.1. The highest BCUT2D eigenvalue weighted by molar-refractivity contribution is 6.46. The van der Waals surface area contributed by atoms with E-state index < -0.39 is 34.4 Å². The van der Waals surface area contributed by atoms with Crippen LogP contribution in [0.15, 0.2) is 29.8 Å². The molecule has 1 fully saturated rings. The Hall–Kier alpha value is -3.99. The number of benzene rings is 1. The number of rotatable bonds is 8. The van der Waals surface area contributed by atoms with Gasteiger partial charge in [-0.15, -0.1) is 0 Å². The van der Waals surface area contributed by atoms with Crippen molar-refractivity contribution >= 4 is 29.1 Å². The SMILES string of the molecule is COC(=O)c1[nH]c(C)c(C(O)=C2C(=O)C(=O)N(CCC[NH+](C)C)[C@H]2c2cccc([N+](=O)[O-])c2)c1C. The fraction of sp³-hybridized carbons (Fsp3) is 0.375. The highest BCUT2D eigenvalue weighted by atomic mass is 16.6. The second-order valence-electron chi connectivity index (χ2n) is 8.77. The molecule has 11 heteroatoms. The van der Waals surface area contributed by atoms with Gasteiger partial charge in [0.1, 0.15) is 11.5 Å². The molecule has 0 radical (unpaired) electrons. The van der Waals surface area contributed by atoms with Crippen LogP contribution in [0, 0.1) is 24.0 Å². The molecule has 11 nitrogen and oxygen atoms in total. The second kappa shape index (κ2) is 10.1. The molecule has 0 spiro atoms. The normalized spacial score (nSPS) is 17.3. The molecule has 1 aliphatic heterocycles. The number of aromatic nitrogens is 1. The average Bonchev–Trinajstić information content (AvgIpc) is 3.25. The molecule has 1 aliphatic rings. The van der Waals surface area contributed by atoms with Crippen LogP contribution in [0.25, 0.3) is 5.76 Å². The Bertz CT molecular complexity index is 1230. The summed E-state index contributed by atoms with van der Waals surface area (Å²) in [5.74, 6) is -2.79. The van der Waals surface area contributed by atoms with Crippen molar-refractivity contribution in [3.8, 4) is 0 Å². The number of amides is 1. The predicted molar refractivity (Wildman–Crippen MR) is 126 cm³/mol. The summed E-state index contributed by atoms with van der Waals surface area (Å²) in [6.45, 7) is 4.15. The molecule has 0 aliphatic carbocycles. The number of carbonyl (C=O) groups excluding carboxylic acids is 3. The van der Waals surface area contributed by atoms with Crippen LogP contribution in [0.1, 0.15) is 45.3 Å². The highest BCUT2D eigenvalue weighted by Crippen LogP contribution is 2.41. The first kappa shape index (κ1) is 25.6. The highest BCUT2D eigenvalue weighted by Gasteiger charge is 2.46. The molecule has 1 aromatic heterocycles. The molecule has 186 valence electrons. The summed E-state index contributed by atoms with van der Waals surface area (Å²) in [5.41, 5.74) is 1.02. The minimum absolute atomic E-state index is 0.113. The number of Topliss-reactive ketones (excluding diaryl/α,β-unsaturated/α-hetero) is 1. The Morgan fingerprint density at radius 3 is 2.57 bits per heavy atom. The third-order valence-electron chi connectivity index (χ3n) is 6.08. The van der Waals surface area contributed by atoms with Crippen molar-refractivity contribution in [1.29, 1.82) is 0 Å². The summed E-state index contributed by atoms with van der Waals surface area (Å²) < 4.78 is 4.77. The number of aliphatic hydroxyl groups excluding tert-OH is 1. The topological polar surface area (TPSA) is 147 Å². The van der Waals surface area contributed by atoms with Gasteiger partial charge >= 0.3 is 5.97 Å². The summed E-state index contributed by atoms with van der Waals surface area (Å²) in [7, 11) is 5.14. The molecule has 1 amide bonds. The lowest BCUT2D eigenvalue weighted by Gasteiger charge is -2.25. The van der Waals surface area contributed by atoms with E-state index in [9.17, 15) is 29.6 Å². The van der Waals surface area contributed by atoms with Crippen LogP contribution in [0.4, 0.5) is 5.69 Å². The zero-order chi connectivity index (χ0) is 26.0. The number of esters is 1. The number of methoxy groups -OCH3 is 1. The Morgan fingerprint density at radius 2 is 1.97 bits per heavy atom. The Balaban J connectivity index is 2.22. The number of aryl methyl sites for hydroxylation is 1. The van der Waals surface area contributed by atoms with E-state index in [1.165, 1.54) is 30.2 Å². The Morgan fingerprint density at radius 1 is 1.29 bits per heavy atom. The summed E-state index contributed by atoms with van der Waals surface area (Å²) in [6, 6.07) is 4.64. The zero-order valence-corrected chi connectivity index (χ0v) is 20.3. The fourth-order valence-corrected chi connectivity index (χ4v) is 4.41. The molecule has 35 heavy (non-hydrogen) atoms. The molecule has 2 aromatic rings. The number of H-pyrrole nitrogens is 1. The number of aromatic amines is 1. The van der Waals surface area contributed by atoms with Crippen molar-refractivity contribution in [2.75, 3.05) is 34.3 Å². The van der Waals surface area contributed by atoms with E-state index in [1.807, 2.05) is 14.1 Å². The van der Waals surface area contributed by atoms with Crippen molar-refractivity contribution in [2.24, 2.45) is 0 Å². The lowest BCUT2D eigenvalue weighted by molar-refractivity contribution is -0.858. The number of ketones is 1. The molecule has 0 bridgehead atoms. The number of ether oxygens (including phenoxy) is 1. The molecule has 1 aromatic carbocycles. The van der Waals surface area contributed by atoms with Crippen molar-refractivity contribution in [2.45, 2.75) is 26.3 Å². The van der Waals surface area contributed by atoms with Crippen LogP contribution in [0.3, 0.4) is 0 Å². The van der Waals surface area contributed by atoms with Gasteiger partial charge in [-0.25, -0.2) is 4.79 Å². The summed E-state index contributed by atoms with van der Waals surface area (Å²) in [5, 5.41) is 22.7. The minimum Gasteiger partial charge on any atom is -0.507 e. The maximum absolute atomic E-state index is 13.2. The number of nitro benzene ring substituents is 1. The van der Waals surface area contributed by atoms with Crippen LogP contribution >= 0.6 is 0 Å². The third-order valence-corrected chi connectivity index (χ3v) is 6.08. The molecule has 0 unspecified atom stereocenters. The monoisotopic (exact) mass is 485 g/mol. The summed E-state index contributed by atoms with van der Waals surface area (Å²) in [6.07, 6.45) is 0.579. The van der Waals surface area contributed by atoms with Crippen LogP contribution in [0.5, 0.6) is 0 Å². The van der Waals surface area contributed by atoms with Crippen molar-refractivity contribution in [3.63, 3.8) is 0 Å². The second-order valence-corrected chi connectivity index (χ2v) is 8.77. The molecule has 1 atom stereocenters. The number of hydrogen-bond donors (Lipinski definition) is 3. The van der Waals surface area contributed by atoms with E-state index in [2.05, 4.69) is 4.98 Å². The molecule has 2 heterocycles. The molecular weight excluding hydrogens is 456 g/mol. The van der Waals surface area contributed by atoms with Gasteiger partial charge in [0.2, 0.25) is 0 Å². The van der Waals surface area contributed by atoms with Gasteiger partial charge < -0.3 is 24.6 Å². The Labute approximate surface area is 202 Å². The lowest BCUT2D eigenvalue weighted by atomic mass is 9.93. The van der Waals surface area contributed by atoms with Gasteiger partial charge in [0.05, 0.1) is 44.3 Å². The number of nitrogens with zero attached hydrogens (tertiary/aromatic N) is 2. The van der Waals surface area contributed by atoms with Crippen LogP contribution in [-0.4, -0.2) is 71.9 Å². The number of aliphatic hydroxyl groups is 1. The number of nitro groups is 1. The maximum atomic E-state index is 13.2. The number of nitrogens with one attached hydrogen (secondary N) is 2. The van der Waals surface area contributed by atoms with Gasteiger partial charge in [-0.1, -0.05) is 12.1 Å². The summed E-state index contributed by atoms with van der Waals surface area (Å²) in [4.78, 5) is 54.6. The maximum Gasteiger partial charge on any atom is 0.354 e. The number of non-ortho nitro benzene ring substituents is 1. The quantitative estimate of drug-likeness (QED) is 0.127. The van der Waals surface area contributed by atoms with Crippen LogP contribution in [-0.2, 0) is 14.3 Å². The minimum atomic E-state index is -1.03. The number of quaternary nitrogens is 1. The lowest BCUT2D eigenvalue weighted by Crippen LogP contribution is -3.05. The van der Waals surface area contributed by atoms with E-state index in [4.69, 9.17) is 4.74 Å². The van der Waals surface area contributed by atoms with Crippen molar-refractivity contribution in [3.05, 3.63) is 68.0 Å².